The summed E-state index contributed by atoms with van der Waals surface area (Å²) in [4.78, 5) is 14.9. The molecule has 4 aromatic rings. The van der Waals surface area contributed by atoms with Gasteiger partial charge < -0.3 is 9.47 Å². The predicted octanol–water partition coefficient (Wildman–Crippen LogP) is 4.25. The number of aromatic nitrogens is 3. The molecule has 0 radical (unpaired) electrons. The van der Waals surface area contributed by atoms with Gasteiger partial charge in [-0.2, -0.15) is 0 Å². The highest BCUT2D eigenvalue weighted by Gasteiger charge is 2.42. The van der Waals surface area contributed by atoms with Crippen LogP contribution in [0.2, 0.25) is 0 Å². The number of hydrogen-bond donors (Lipinski definition) is 0. The van der Waals surface area contributed by atoms with Crippen LogP contribution in [-0.2, 0) is 19.7 Å². The van der Waals surface area contributed by atoms with Crippen molar-refractivity contribution >= 4 is 34.3 Å². The van der Waals surface area contributed by atoms with Crippen molar-refractivity contribution in [2.24, 2.45) is 0 Å². The normalized spacial score (nSPS) is 16.0. The third-order valence-corrected chi connectivity index (χ3v) is 6.77. The number of ether oxygens (including phenoxy) is 2. The van der Waals surface area contributed by atoms with E-state index in [1.165, 1.54) is 7.11 Å². The molecular formula is C23H21N3O3S. The molecule has 0 unspecified atom stereocenters. The van der Waals surface area contributed by atoms with Gasteiger partial charge in [0, 0.05) is 23.0 Å². The molecule has 1 saturated heterocycles. The Balaban J connectivity index is 1.48. The Kier molecular flexibility index (Phi) is 4.92. The lowest BCUT2D eigenvalue weighted by Gasteiger charge is -2.35. The van der Waals surface area contributed by atoms with Crippen molar-refractivity contribution in [3.05, 3.63) is 66.5 Å². The molecule has 0 saturated carbocycles. The monoisotopic (exact) mass is 419 g/mol. The Bertz CT molecular complexity index is 1230. The summed E-state index contributed by atoms with van der Waals surface area (Å²) in [7, 11) is 1.46. The number of hydrogen-bond acceptors (Lipinski definition) is 6. The van der Waals surface area contributed by atoms with E-state index in [4.69, 9.17) is 9.47 Å². The van der Waals surface area contributed by atoms with Gasteiger partial charge in [0.25, 0.3) is 0 Å². The molecule has 2 aromatic carbocycles. The molecule has 0 amide bonds. The second-order valence-electron chi connectivity index (χ2n) is 7.43. The molecule has 7 heteroatoms. The van der Waals surface area contributed by atoms with E-state index in [0.717, 1.165) is 31.9 Å². The van der Waals surface area contributed by atoms with Crippen LogP contribution in [0.15, 0.2) is 70.7 Å². The first-order chi connectivity index (χ1) is 14.7. The first-order valence-corrected chi connectivity index (χ1v) is 10.7. The Labute approximate surface area is 178 Å². The molecule has 0 N–H and O–H groups in total. The summed E-state index contributed by atoms with van der Waals surface area (Å²) >= 11 is 1.68. The zero-order valence-corrected chi connectivity index (χ0v) is 17.4. The quantitative estimate of drug-likeness (QED) is 0.461. The third-order valence-electron chi connectivity index (χ3n) is 5.79. The molecule has 0 atom stereocenters. The van der Waals surface area contributed by atoms with Crippen LogP contribution >= 0.6 is 11.8 Å². The van der Waals surface area contributed by atoms with Crippen LogP contribution in [0.4, 0.5) is 0 Å². The van der Waals surface area contributed by atoms with E-state index in [2.05, 4.69) is 46.6 Å². The first kappa shape index (κ1) is 19.1. The fraction of sp³-hybridized carbons (Fsp3) is 0.261. The lowest BCUT2D eigenvalue weighted by atomic mass is 9.74. The number of carbonyl (C=O) groups is 1. The van der Waals surface area contributed by atoms with Gasteiger partial charge in [-0.1, -0.05) is 23.9 Å². The van der Waals surface area contributed by atoms with Gasteiger partial charge in [-0.3, -0.25) is 9.20 Å². The fourth-order valence-corrected chi connectivity index (χ4v) is 5.10. The number of methoxy groups -OCH3 is 1. The fourth-order valence-electron chi connectivity index (χ4n) is 4.18. The van der Waals surface area contributed by atoms with Crippen LogP contribution in [-0.4, -0.2) is 40.9 Å². The molecule has 1 aliphatic heterocycles. The van der Waals surface area contributed by atoms with Crippen molar-refractivity contribution in [1.29, 1.82) is 0 Å². The number of pyridine rings is 1. The summed E-state index contributed by atoms with van der Waals surface area (Å²) in [5.74, 6) is -0.184. The maximum absolute atomic E-state index is 12.7. The first-order valence-electron chi connectivity index (χ1n) is 9.87. The topological polar surface area (TPSA) is 65.7 Å². The van der Waals surface area contributed by atoms with E-state index in [0.29, 0.717) is 26.1 Å². The van der Waals surface area contributed by atoms with Crippen LogP contribution in [0.1, 0.15) is 18.4 Å². The van der Waals surface area contributed by atoms with Crippen molar-refractivity contribution in [2.75, 3.05) is 20.3 Å². The van der Waals surface area contributed by atoms with E-state index >= 15 is 0 Å². The van der Waals surface area contributed by atoms with Crippen LogP contribution in [0.5, 0.6) is 0 Å². The van der Waals surface area contributed by atoms with Crippen LogP contribution in [0.3, 0.4) is 0 Å². The average Bonchev–Trinajstić information content (AvgIpc) is 3.28. The Morgan fingerprint density at radius 2 is 1.93 bits per heavy atom. The Morgan fingerprint density at radius 1 is 1.10 bits per heavy atom. The van der Waals surface area contributed by atoms with Gasteiger partial charge in [-0.15, -0.1) is 10.2 Å². The number of benzene rings is 2. The van der Waals surface area contributed by atoms with E-state index < -0.39 is 5.41 Å². The van der Waals surface area contributed by atoms with Gasteiger partial charge in [0.05, 0.1) is 18.0 Å². The van der Waals surface area contributed by atoms with Crippen LogP contribution in [0.25, 0.3) is 16.6 Å². The largest absolute Gasteiger partial charge is 0.468 e. The van der Waals surface area contributed by atoms with Crippen molar-refractivity contribution in [3.8, 4) is 0 Å². The molecule has 0 bridgehead atoms. The maximum Gasteiger partial charge on any atom is 0.316 e. The smallest absolute Gasteiger partial charge is 0.316 e. The van der Waals surface area contributed by atoms with Crippen molar-refractivity contribution in [3.63, 3.8) is 0 Å². The zero-order chi connectivity index (χ0) is 20.6. The second-order valence-corrected chi connectivity index (χ2v) is 8.58. The Morgan fingerprint density at radius 3 is 2.77 bits per heavy atom. The van der Waals surface area contributed by atoms with Crippen LogP contribution in [0, 0.1) is 0 Å². The number of esters is 1. The molecule has 152 valence electrons. The van der Waals surface area contributed by atoms with Gasteiger partial charge in [-0.25, -0.2) is 0 Å². The summed E-state index contributed by atoms with van der Waals surface area (Å²) in [5.41, 5.74) is 2.27. The number of fused-ring (bicyclic) bond motifs is 3. The van der Waals surface area contributed by atoms with Gasteiger partial charge in [-0.05, 0) is 66.3 Å². The standard InChI is InChI=1S/C23H21N3O3S/c1-28-22(27)23(9-11-29-12-10-23)17-3-2-4-18(14-17)30-19-6-7-20-16(13-19)5-8-21-25-24-15-26(20)21/h2-8,13-15H,9-12H2,1H3. The zero-order valence-electron chi connectivity index (χ0n) is 16.6. The minimum absolute atomic E-state index is 0.184. The summed E-state index contributed by atoms with van der Waals surface area (Å²) in [5, 5.41) is 9.21. The average molecular weight is 420 g/mol. The minimum Gasteiger partial charge on any atom is -0.468 e. The molecule has 1 aliphatic rings. The van der Waals surface area contributed by atoms with E-state index in [1.54, 1.807) is 18.1 Å². The Hall–Kier alpha value is -2.90. The molecule has 30 heavy (non-hydrogen) atoms. The van der Waals surface area contributed by atoms with E-state index in [9.17, 15) is 4.79 Å². The second kappa shape index (κ2) is 7.74. The molecule has 3 heterocycles. The molecular weight excluding hydrogens is 398 g/mol. The van der Waals surface area contributed by atoms with E-state index in [1.807, 2.05) is 22.6 Å². The van der Waals surface area contributed by atoms with Gasteiger partial charge in [0.1, 0.15) is 6.33 Å². The lowest BCUT2D eigenvalue weighted by Crippen LogP contribution is -2.42. The van der Waals surface area contributed by atoms with Crippen molar-refractivity contribution < 1.29 is 14.3 Å². The molecule has 0 aliphatic carbocycles. The highest BCUT2D eigenvalue weighted by Crippen LogP contribution is 2.39. The highest BCUT2D eigenvalue weighted by atomic mass is 32.2. The summed E-state index contributed by atoms with van der Waals surface area (Å²) in [6.07, 6.45) is 3.01. The molecule has 0 spiro atoms. The molecule has 1 fully saturated rings. The minimum atomic E-state index is -0.632. The molecule has 6 nitrogen and oxygen atoms in total. The summed E-state index contributed by atoms with van der Waals surface area (Å²) < 4.78 is 12.7. The summed E-state index contributed by atoms with van der Waals surface area (Å²) in [6, 6.07) is 18.6. The number of carbonyl (C=O) groups excluding carboxylic acids is 1. The van der Waals surface area contributed by atoms with Gasteiger partial charge in [0.2, 0.25) is 0 Å². The summed E-state index contributed by atoms with van der Waals surface area (Å²) in [6.45, 7) is 1.13. The predicted molar refractivity (Wildman–Crippen MR) is 115 cm³/mol. The van der Waals surface area contributed by atoms with Gasteiger partial charge >= 0.3 is 5.97 Å². The highest BCUT2D eigenvalue weighted by molar-refractivity contribution is 7.99. The third kappa shape index (κ3) is 3.24. The van der Waals surface area contributed by atoms with Crippen LogP contribution < -0.4 is 0 Å². The lowest BCUT2D eigenvalue weighted by molar-refractivity contribution is -0.151. The maximum atomic E-state index is 12.7. The van der Waals surface area contributed by atoms with Crippen molar-refractivity contribution in [1.82, 2.24) is 14.6 Å². The number of rotatable bonds is 4. The van der Waals surface area contributed by atoms with Crippen molar-refractivity contribution in [2.45, 2.75) is 28.0 Å². The molecule has 2 aromatic heterocycles. The van der Waals surface area contributed by atoms with E-state index in [-0.39, 0.29) is 5.97 Å². The SMILES string of the molecule is COC(=O)C1(c2cccc(Sc3ccc4c(ccc5nncn54)c3)c2)CCOCC1. The molecule has 5 rings (SSSR count). The number of nitrogens with zero attached hydrogens (tertiary/aromatic N) is 3. The van der Waals surface area contributed by atoms with Gasteiger partial charge in [0.15, 0.2) is 5.65 Å².